The molecule has 33 heavy (non-hydrogen) atoms. The molecule has 3 rings (SSSR count). The van der Waals surface area contributed by atoms with Crippen LogP contribution in [0.4, 0.5) is 5.69 Å². The zero-order valence-electron chi connectivity index (χ0n) is 18.2. The van der Waals surface area contributed by atoms with E-state index in [9.17, 15) is 9.59 Å². The molecule has 0 aromatic heterocycles. The van der Waals surface area contributed by atoms with Gasteiger partial charge in [0.2, 0.25) is 0 Å². The van der Waals surface area contributed by atoms with E-state index in [1.54, 1.807) is 54.7 Å². The number of carbonyl (C=O) groups excluding carboxylic acids is 2. The minimum Gasteiger partial charge on any atom is -0.484 e. The Hall–Kier alpha value is -3.29. The first-order chi connectivity index (χ1) is 15.9. The monoisotopic (exact) mass is 481 g/mol. The van der Waals surface area contributed by atoms with Crippen LogP contribution in [0.1, 0.15) is 18.1 Å². The van der Waals surface area contributed by atoms with Gasteiger partial charge in [0, 0.05) is 15.6 Å². The molecule has 170 valence electrons. The Morgan fingerprint density at radius 1 is 1.09 bits per heavy atom. The Morgan fingerprint density at radius 3 is 2.52 bits per heavy atom. The summed E-state index contributed by atoms with van der Waals surface area (Å²) in [6.07, 6.45) is 1.55. The van der Waals surface area contributed by atoms with Gasteiger partial charge in [0.25, 0.3) is 11.8 Å². The number of aryl methyl sites for hydroxylation is 1. The molecule has 0 aliphatic carbocycles. The van der Waals surface area contributed by atoms with Crippen molar-refractivity contribution >= 4 is 47.1 Å². The van der Waals surface area contributed by atoms with Crippen molar-refractivity contribution in [2.75, 3.05) is 11.9 Å². The highest BCUT2D eigenvalue weighted by Crippen LogP contribution is 2.23. The van der Waals surface area contributed by atoms with Crippen molar-refractivity contribution in [2.24, 2.45) is 5.10 Å². The Morgan fingerprint density at radius 2 is 1.82 bits per heavy atom. The maximum Gasteiger partial charge on any atom is 0.262 e. The zero-order valence-corrected chi connectivity index (χ0v) is 19.8. The van der Waals surface area contributed by atoms with E-state index >= 15 is 0 Å². The van der Waals surface area contributed by atoms with Gasteiger partial charge in [-0.05, 0) is 74.0 Å². The van der Waals surface area contributed by atoms with Crippen molar-refractivity contribution in [3.63, 3.8) is 0 Å². The van der Waals surface area contributed by atoms with Crippen LogP contribution in [0, 0.1) is 6.92 Å². The first-order valence-electron chi connectivity index (χ1n) is 10.2. The molecule has 0 spiro atoms. The predicted octanol–water partition coefficient (Wildman–Crippen LogP) is 5.30. The highest BCUT2D eigenvalue weighted by molar-refractivity contribution is 8.00. The molecule has 0 aliphatic heterocycles. The molecule has 0 radical (unpaired) electrons. The van der Waals surface area contributed by atoms with E-state index in [0.717, 1.165) is 10.5 Å². The fourth-order valence-electron chi connectivity index (χ4n) is 2.70. The van der Waals surface area contributed by atoms with Crippen molar-refractivity contribution in [1.29, 1.82) is 0 Å². The molecule has 2 amide bonds. The molecule has 8 heteroatoms. The van der Waals surface area contributed by atoms with Crippen molar-refractivity contribution in [2.45, 2.75) is 24.0 Å². The lowest BCUT2D eigenvalue weighted by atomic mass is 10.2. The molecular weight excluding hydrogens is 458 g/mol. The van der Waals surface area contributed by atoms with E-state index in [-0.39, 0.29) is 23.7 Å². The Labute approximate surface area is 202 Å². The molecule has 0 unspecified atom stereocenters. The largest absolute Gasteiger partial charge is 0.484 e. The molecule has 6 nitrogen and oxygen atoms in total. The lowest BCUT2D eigenvalue weighted by Gasteiger charge is -2.09. The van der Waals surface area contributed by atoms with Gasteiger partial charge in [-0.25, -0.2) is 5.43 Å². The number of nitrogens with zero attached hydrogens (tertiary/aromatic N) is 1. The number of carbonyl (C=O) groups is 2. The minimum absolute atomic E-state index is 0.132. The molecule has 0 fully saturated rings. The van der Waals surface area contributed by atoms with Crippen LogP contribution in [0.5, 0.6) is 5.75 Å². The number of amides is 2. The SMILES string of the molecule is Cc1ccc(S[C@H](C)C(=O)N/N=C\c2ccc(OCC(=O)Nc3cccc(Cl)c3)cc2)cc1. The highest BCUT2D eigenvalue weighted by atomic mass is 35.5. The van der Waals surface area contributed by atoms with Crippen LogP contribution in [-0.4, -0.2) is 29.9 Å². The average molecular weight is 482 g/mol. The predicted molar refractivity (Wildman–Crippen MR) is 134 cm³/mol. The number of halogens is 1. The maximum atomic E-state index is 12.2. The second kappa shape index (κ2) is 12.1. The number of hydrogen-bond donors (Lipinski definition) is 2. The molecule has 3 aromatic carbocycles. The van der Waals surface area contributed by atoms with Gasteiger partial charge < -0.3 is 10.1 Å². The number of ether oxygens (including phenoxy) is 1. The maximum absolute atomic E-state index is 12.2. The quantitative estimate of drug-likeness (QED) is 0.247. The summed E-state index contributed by atoms with van der Waals surface area (Å²) in [5.41, 5.74) is 5.13. The van der Waals surface area contributed by atoms with E-state index in [4.69, 9.17) is 16.3 Å². The normalized spacial score (nSPS) is 11.7. The molecule has 2 N–H and O–H groups in total. The van der Waals surface area contributed by atoms with Gasteiger partial charge >= 0.3 is 0 Å². The summed E-state index contributed by atoms with van der Waals surface area (Å²) < 4.78 is 5.50. The summed E-state index contributed by atoms with van der Waals surface area (Å²) in [7, 11) is 0. The lowest BCUT2D eigenvalue weighted by molar-refractivity contribution is -0.120. The molecule has 1 atom stereocenters. The number of rotatable bonds is 9. The highest BCUT2D eigenvalue weighted by Gasteiger charge is 2.13. The number of hydrogen-bond acceptors (Lipinski definition) is 5. The standard InChI is InChI=1S/C25H24ClN3O3S/c1-17-6-12-23(13-7-17)33-18(2)25(31)29-27-15-19-8-10-22(11-9-19)32-16-24(30)28-21-5-3-4-20(26)14-21/h3-15,18H,16H2,1-2H3,(H,28,30)(H,29,31)/b27-15-/t18-/m1/s1. The van der Waals surface area contributed by atoms with E-state index in [2.05, 4.69) is 15.8 Å². The Kier molecular flexibility index (Phi) is 8.92. The molecule has 0 aliphatic rings. The Bertz CT molecular complexity index is 1120. The third kappa shape index (κ3) is 8.29. The van der Waals surface area contributed by atoms with Crippen LogP contribution in [0.2, 0.25) is 5.02 Å². The van der Waals surface area contributed by atoms with Gasteiger partial charge in [0.1, 0.15) is 5.75 Å². The number of hydrazone groups is 1. The summed E-state index contributed by atoms with van der Waals surface area (Å²) in [5, 5.41) is 7.00. The lowest BCUT2D eigenvalue weighted by Crippen LogP contribution is -2.26. The third-order valence-electron chi connectivity index (χ3n) is 4.45. The second-order valence-electron chi connectivity index (χ2n) is 7.22. The minimum atomic E-state index is -0.289. The van der Waals surface area contributed by atoms with Crippen LogP contribution in [0.3, 0.4) is 0 Å². The first kappa shape index (κ1) is 24.4. The smallest absolute Gasteiger partial charge is 0.262 e. The van der Waals surface area contributed by atoms with Gasteiger partial charge in [-0.1, -0.05) is 35.4 Å². The summed E-state index contributed by atoms with van der Waals surface area (Å²) in [4.78, 5) is 25.3. The molecule has 0 heterocycles. The second-order valence-corrected chi connectivity index (χ2v) is 9.07. The summed E-state index contributed by atoms with van der Waals surface area (Å²) in [6.45, 7) is 3.73. The van der Waals surface area contributed by atoms with Gasteiger partial charge in [-0.15, -0.1) is 11.8 Å². The molecule has 0 saturated carbocycles. The van der Waals surface area contributed by atoms with Crippen LogP contribution in [-0.2, 0) is 9.59 Å². The van der Waals surface area contributed by atoms with Crippen molar-refractivity contribution in [3.8, 4) is 5.75 Å². The fraction of sp³-hybridized carbons (Fsp3) is 0.160. The van der Waals surface area contributed by atoms with Crippen molar-refractivity contribution < 1.29 is 14.3 Å². The average Bonchev–Trinajstić information content (AvgIpc) is 2.80. The van der Waals surface area contributed by atoms with Gasteiger partial charge in [0.05, 0.1) is 11.5 Å². The summed E-state index contributed by atoms with van der Waals surface area (Å²) in [6, 6.07) is 21.9. The summed E-state index contributed by atoms with van der Waals surface area (Å²) in [5.74, 6) is 0.0753. The first-order valence-corrected chi connectivity index (χ1v) is 11.5. The number of thioether (sulfide) groups is 1. The molecule has 0 bridgehead atoms. The zero-order chi connectivity index (χ0) is 23.6. The van der Waals surface area contributed by atoms with E-state index in [1.807, 2.05) is 38.1 Å². The van der Waals surface area contributed by atoms with Crippen LogP contribution >= 0.6 is 23.4 Å². The van der Waals surface area contributed by atoms with Crippen LogP contribution < -0.4 is 15.5 Å². The summed E-state index contributed by atoms with van der Waals surface area (Å²) >= 11 is 7.38. The van der Waals surface area contributed by atoms with Crippen LogP contribution in [0.15, 0.2) is 82.8 Å². The van der Waals surface area contributed by atoms with E-state index in [1.165, 1.54) is 17.3 Å². The van der Waals surface area contributed by atoms with Gasteiger partial charge in [-0.3, -0.25) is 9.59 Å². The number of anilines is 1. The topological polar surface area (TPSA) is 79.8 Å². The third-order valence-corrected chi connectivity index (χ3v) is 5.80. The van der Waals surface area contributed by atoms with Gasteiger partial charge in [-0.2, -0.15) is 5.10 Å². The van der Waals surface area contributed by atoms with Crippen molar-refractivity contribution in [3.05, 3.63) is 88.9 Å². The Balaban J connectivity index is 1.42. The molecule has 3 aromatic rings. The van der Waals surface area contributed by atoms with Crippen LogP contribution in [0.25, 0.3) is 0 Å². The number of nitrogens with one attached hydrogen (secondary N) is 2. The van der Waals surface area contributed by atoms with Gasteiger partial charge in [0.15, 0.2) is 6.61 Å². The molecular formula is C25H24ClN3O3S. The van der Waals surface area contributed by atoms with E-state index < -0.39 is 0 Å². The molecule has 0 saturated heterocycles. The number of benzene rings is 3. The fourth-order valence-corrected chi connectivity index (χ4v) is 3.75. The van der Waals surface area contributed by atoms with Crippen molar-refractivity contribution in [1.82, 2.24) is 5.43 Å². The van der Waals surface area contributed by atoms with E-state index in [0.29, 0.717) is 16.5 Å².